The largest absolute Gasteiger partial charge is 0.481 e. The Balaban J connectivity index is 2.82. The number of carbonyl (C=O) groups excluding carboxylic acids is 1. The van der Waals surface area contributed by atoms with E-state index in [1.165, 1.54) is 6.07 Å². The molecular weight excluding hydrogens is 280 g/mol. The maximum absolute atomic E-state index is 12.4. The third kappa shape index (κ3) is 4.42. The lowest BCUT2D eigenvalue weighted by molar-refractivity contribution is -0.137. The smallest absolute Gasteiger partial charge is 0.303 e. The zero-order valence-electron chi connectivity index (χ0n) is 11.6. The van der Waals surface area contributed by atoms with Gasteiger partial charge in [-0.25, -0.2) is 0 Å². The van der Waals surface area contributed by atoms with Gasteiger partial charge in [0.1, 0.15) is 0 Å². The molecule has 0 unspecified atom stereocenters. The van der Waals surface area contributed by atoms with Crippen LogP contribution < -0.4 is 5.73 Å². The molecule has 1 amide bonds. The molecule has 6 heteroatoms. The molecule has 0 fully saturated rings. The number of aliphatic carboxylic acids is 1. The van der Waals surface area contributed by atoms with Gasteiger partial charge in [0.2, 0.25) is 0 Å². The zero-order valence-corrected chi connectivity index (χ0v) is 12.4. The molecular formula is C14H19ClN2O3. The van der Waals surface area contributed by atoms with Gasteiger partial charge in [0, 0.05) is 24.6 Å². The molecule has 0 aliphatic rings. The lowest BCUT2D eigenvalue weighted by Crippen LogP contribution is -2.38. The van der Waals surface area contributed by atoms with Crippen LogP contribution in [0.15, 0.2) is 18.2 Å². The second-order valence-electron chi connectivity index (χ2n) is 4.83. The van der Waals surface area contributed by atoms with Gasteiger partial charge in [0.15, 0.2) is 0 Å². The summed E-state index contributed by atoms with van der Waals surface area (Å²) in [5, 5.41) is 9.06. The lowest BCUT2D eigenvalue weighted by Gasteiger charge is -2.27. The minimum Gasteiger partial charge on any atom is -0.481 e. The van der Waals surface area contributed by atoms with Gasteiger partial charge in [-0.1, -0.05) is 11.6 Å². The van der Waals surface area contributed by atoms with Crippen LogP contribution in [0.5, 0.6) is 0 Å². The number of amides is 1. The van der Waals surface area contributed by atoms with Crippen molar-refractivity contribution in [3.63, 3.8) is 0 Å². The minimum absolute atomic E-state index is 0.0202. The number of carbonyl (C=O) groups is 2. The van der Waals surface area contributed by atoms with Crippen molar-refractivity contribution in [2.45, 2.75) is 32.7 Å². The van der Waals surface area contributed by atoms with Gasteiger partial charge in [0.05, 0.1) is 10.7 Å². The molecule has 0 spiro atoms. The summed E-state index contributed by atoms with van der Waals surface area (Å²) in [5.74, 6) is -1.04. The van der Waals surface area contributed by atoms with Crippen molar-refractivity contribution in [3.05, 3.63) is 28.8 Å². The SMILES string of the molecule is CC(C)N(CCCC(=O)O)C(=O)c1ccc(Cl)c(N)c1. The van der Waals surface area contributed by atoms with Crippen molar-refractivity contribution < 1.29 is 14.7 Å². The van der Waals surface area contributed by atoms with E-state index in [1.807, 2.05) is 13.8 Å². The van der Waals surface area contributed by atoms with Crippen LogP contribution in [0.1, 0.15) is 37.0 Å². The van der Waals surface area contributed by atoms with Gasteiger partial charge >= 0.3 is 5.97 Å². The summed E-state index contributed by atoms with van der Waals surface area (Å²) in [7, 11) is 0. The van der Waals surface area contributed by atoms with Crippen molar-refractivity contribution in [2.24, 2.45) is 0 Å². The topological polar surface area (TPSA) is 83.6 Å². The molecule has 0 saturated carbocycles. The van der Waals surface area contributed by atoms with Crippen LogP contribution in [0.2, 0.25) is 5.02 Å². The molecule has 3 N–H and O–H groups in total. The molecule has 1 aromatic rings. The molecule has 0 saturated heterocycles. The normalized spacial score (nSPS) is 10.6. The van der Waals surface area contributed by atoms with Crippen molar-refractivity contribution in [1.82, 2.24) is 4.90 Å². The number of anilines is 1. The summed E-state index contributed by atoms with van der Waals surface area (Å²) in [6.45, 7) is 4.17. The van der Waals surface area contributed by atoms with E-state index in [1.54, 1.807) is 17.0 Å². The second kappa shape index (κ2) is 7.14. The number of rotatable bonds is 6. The van der Waals surface area contributed by atoms with E-state index in [2.05, 4.69) is 0 Å². The second-order valence-corrected chi connectivity index (χ2v) is 5.23. The Morgan fingerprint density at radius 1 is 1.40 bits per heavy atom. The van der Waals surface area contributed by atoms with E-state index in [9.17, 15) is 9.59 Å². The van der Waals surface area contributed by atoms with E-state index in [0.717, 1.165) is 0 Å². The van der Waals surface area contributed by atoms with Crippen molar-refractivity contribution in [2.75, 3.05) is 12.3 Å². The molecule has 5 nitrogen and oxygen atoms in total. The fraction of sp³-hybridized carbons (Fsp3) is 0.429. The van der Waals surface area contributed by atoms with Gasteiger partial charge in [0.25, 0.3) is 5.91 Å². The highest BCUT2D eigenvalue weighted by atomic mass is 35.5. The van der Waals surface area contributed by atoms with Crippen LogP contribution in [0, 0.1) is 0 Å². The third-order valence-electron chi connectivity index (χ3n) is 2.92. The highest BCUT2D eigenvalue weighted by Gasteiger charge is 2.19. The van der Waals surface area contributed by atoms with Crippen LogP contribution in [-0.4, -0.2) is 34.5 Å². The van der Waals surface area contributed by atoms with E-state index >= 15 is 0 Å². The summed E-state index contributed by atoms with van der Waals surface area (Å²) in [5.41, 5.74) is 6.50. The molecule has 0 radical (unpaired) electrons. The average molecular weight is 299 g/mol. The van der Waals surface area contributed by atoms with Gasteiger partial charge in [-0.3, -0.25) is 9.59 Å². The van der Waals surface area contributed by atoms with Gasteiger partial charge < -0.3 is 15.7 Å². The summed E-state index contributed by atoms with van der Waals surface area (Å²) in [4.78, 5) is 24.6. The predicted molar refractivity (Wildman–Crippen MR) is 78.9 cm³/mol. The number of nitrogens with two attached hydrogens (primary N) is 1. The fourth-order valence-corrected chi connectivity index (χ4v) is 1.96. The Labute approximate surface area is 123 Å². The third-order valence-corrected chi connectivity index (χ3v) is 3.26. The standard InChI is InChI=1S/C14H19ClN2O3/c1-9(2)17(7-3-4-13(18)19)14(20)10-5-6-11(15)12(16)8-10/h5-6,8-9H,3-4,7,16H2,1-2H3,(H,18,19). The molecule has 20 heavy (non-hydrogen) atoms. The zero-order chi connectivity index (χ0) is 15.3. The van der Waals surface area contributed by atoms with Crippen LogP contribution in [0.4, 0.5) is 5.69 Å². The Kier molecular flexibility index (Phi) is 5.82. The Bertz CT molecular complexity index is 503. The number of hydrogen-bond donors (Lipinski definition) is 2. The fourth-order valence-electron chi connectivity index (χ4n) is 1.84. The molecule has 0 heterocycles. The highest BCUT2D eigenvalue weighted by Crippen LogP contribution is 2.21. The van der Waals surface area contributed by atoms with Crippen molar-refractivity contribution >= 4 is 29.2 Å². The highest BCUT2D eigenvalue weighted by molar-refractivity contribution is 6.33. The quantitative estimate of drug-likeness (QED) is 0.791. The monoisotopic (exact) mass is 298 g/mol. The van der Waals surface area contributed by atoms with Crippen LogP contribution in [0.25, 0.3) is 0 Å². The van der Waals surface area contributed by atoms with Gasteiger partial charge in [-0.15, -0.1) is 0 Å². The van der Waals surface area contributed by atoms with Crippen LogP contribution in [0.3, 0.4) is 0 Å². The number of carboxylic acid groups (broad SMARTS) is 1. The number of benzene rings is 1. The van der Waals surface area contributed by atoms with Crippen LogP contribution in [-0.2, 0) is 4.79 Å². The van der Waals surface area contributed by atoms with Crippen molar-refractivity contribution in [1.29, 1.82) is 0 Å². The number of halogens is 1. The predicted octanol–water partition coefficient (Wildman–Crippen LogP) is 2.64. The lowest BCUT2D eigenvalue weighted by atomic mass is 10.1. The molecule has 0 atom stereocenters. The molecule has 0 aliphatic carbocycles. The summed E-state index contributed by atoms with van der Waals surface area (Å²) in [6, 6.07) is 4.72. The Morgan fingerprint density at radius 2 is 2.05 bits per heavy atom. The first-order valence-electron chi connectivity index (χ1n) is 6.40. The van der Waals surface area contributed by atoms with E-state index in [-0.39, 0.29) is 18.4 Å². The van der Waals surface area contributed by atoms with E-state index < -0.39 is 5.97 Å². The number of carboxylic acids is 1. The maximum atomic E-state index is 12.4. The van der Waals surface area contributed by atoms with E-state index in [4.69, 9.17) is 22.4 Å². The molecule has 0 aliphatic heterocycles. The Morgan fingerprint density at radius 3 is 2.55 bits per heavy atom. The minimum atomic E-state index is -0.864. The number of hydrogen-bond acceptors (Lipinski definition) is 3. The molecule has 1 aromatic carbocycles. The van der Waals surface area contributed by atoms with Crippen LogP contribution >= 0.6 is 11.6 Å². The molecule has 0 bridgehead atoms. The van der Waals surface area contributed by atoms with Gasteiger partial charge in [-0.05, 0) is 38.5 Å². The molecule has 110 valence electrons. The first-order chi connectivity index (χ1) is 9.32. The molecule has 1 rings (SSSR count). The Hall–Kier alpha value is -1.75. The van der Waals surface area contributed by atoms with Crippen molar-refractivity contribution in [3.8, 4) is 0 Å². The number of nitrogens with zero attached hydrogens (tertiary/aromatic N) is 1. The number of nitrogen functional groups attached to an aromatic ring is 1. The first kappa shape index (κ1) is 16.3. The summed E-state index contributed by atoms with van der Waals surface area (Å²) in [6.07, 6.45) is 0.460. The maximum Gasteiger partial charge on any atom is 0.303 e. The summed E-state index contributed by atoms with van der Waals surface area (Å²) >= 11 is 5.83. The molecule has 0 aromatic heterocycles. The first-order valence-corrected chi connectivity index (χ1v) is 6.78. The summed E-state index contributed by atoms with van der Waals surface area (Å²) < 4.78 is 0. The average Bonchev–Trinajstić information content (AvgIpc) is 2.36. The van der Waals surface area contributed by atoms with E-state index in [0.29, 0.717) is 29.2 Å². The van der Waals surface area contributed by atoms with Gasteiger partial charge in [-0.2, -0.15) is 0 Å².